The second-order valence-corrected chi connectivity index (χ2v) is 7.36. The van der Waals surface area contributed by atoms with Crippen LogP contribution in [0.3, 0.4) is 0 Å². The van der Waals surface area contributed by atoms with Gasteiger partial charge in [0.2, 0.25) is 5.89 Å². The molecule has 0 aliphatic rings. The summed E-state index contributed by atoms with van der Waals surface area (Å²) in [4.78, 5) is 27.9. The highest BCUT2D eigenvalue weighted by atomic mass is 79.9. The van der Waals surface area contributed by atoms with Gasteiger partial charge in [0.05, 0.1) is 17.1 Å². The van der Waals surface area contributed by atoms with Crippen molar-refractivity contribution in [2.45, 2.75) is 6.92 Å². The van der Waals surface area contributed by atoms with Gasteiger partial charge in [-0.15, -0.1) is 0 Å². The number of anilines is 1. The topological polar surface area (TPSA) is 108 Å². The molecule has 0 saturated heterocycles. The van der Waals surface area contributed by atoms with Crippen LogP contribution in [0.4, 0.5) is 11.4 Å². The van der Waals surface area contributed by atoms with Gasteiger partial charge in [0.25, 0.3) is 5.91 Å². The molecule has 0 spiro atoms. The highest BCUT2D eigenvalue weighted by Gasteiger charge is 2.19. The molecule has 0 aliphatic carbocycles. The second-order valence-electron chi connectivity index (χ2n) is 6.51. The van der Waals surface area contributed by atoms with E-state index < -0.39 is 10.8 Å². The van der Waals surface area contributed by atoms with Gasteiger partial charge in [0.15, 0.2) is 11.3 Å². The van der Waals surface area contributed by atoms with Crippen molar-refractivity contribution >= 4 is 44.3 Å². The van der Waals surface area contributed by atoms with Crippen molar-refractivity contribution < 1.29 is 18.9 Å². The number of nitro benzene ring substituents is 1. The van der Waals surface area contributed by atoms with Crippen LogP contribution in [0.25, 0.3) is 22.6 Å². The number of halogens is 1. The summed E-state index contributed by atoms with van der Waals surface area (Å²) in [7, 11) is 0. The van der Waals surface area contributed by atoms with E-state index in [-0.39, 0.29) is 23.6 Å². The summed E-state index contributed by atoms with van der Waals surface area (Å²) < 4.78 is 11.9. The third kappa shape index (κ3) is 4.26. The first kappa shape index (κ1) is 20.5. The minimum absolute atomic E-state index is 0.118. The molecule has 0 unspecified atom stereocenters. The Morgan fingerprint density at radius 2 is 2.00 bits per heavy atom. The average Bonchev–Trinajstić information content (AvgIpc) is 3.17. The van der Waals surface area contributed by atoms with Crippen molar-refractivity contribution in [3.8, 4) is 17.2 Å². The van der Waals surface area contributed by atoms with Gasteiger partial charge in [-0.25, -0.2) is 4.98 Å². The first-order valence-corrected chi connectivity index (χ1v) is 10.1. The standard InChI is InChI=1S/C22H16BrN3O5/c1-2-30-20-9-7-13(11-18(20)26(28)29)21(27)24-14-8-10-19-17(12-14)25-22(31-19)15-5-3-4-6-16(15)23/h3-12H,2H2,1H3,(H,24,27). The number of benzene rings is 3. The Hall–Kier alpha value is -3.72. The van der Waals surface area contributed by atoms with Crippen LogP contribution in [0.5, 0.6) is 5.75 Å². The first-order chi connectivity index (χ1) is 15.0. The number of carbonyl (C=O) groups is 1. The maximum Gasteiger partial charge on any atom is 0.311 e. The molecule has 0 atom stereocenters. The molecule has 8 nitrogen and oxygen atoms in total. The molecule has 1 heterocycles. The first-order valence-electron chi connectivity index (χ1n) is 9.34. The fourth-order valence-electron chi connectivity index (χ4n) is 3.04. The third-order valence-electron chi connectivity index (χ3n) is 4.47. The molecule has 0 aliphatic heterocycles. The summed E-state index contributed by atoms with van der Waals surface area (Å²) in [6.45, 7) is 2.01. The smallest absolute Gasteiger partial charge is 0.311 e. The van der Waals surface area contributed by atoms with Crippen LogP contribution >= 0.6 is 15.9 Å². The molecule has 3 aromatic carbocycles. The van der Waals surface area contributed by atoms with E-state index in [1.54, 1.807) is 25.1 Å². The number of aromatic nitrogens is 1. The van der Waals surface area contributed by atoms with Crippen molar-refractivity contribution in [2.75, 3.05) is 11.9 Å². The minimum atomic E-state index is -0.577. The van der Waals surface area contributed by atoms with Crippen molar-refractivity contribution in [2.24, 2.45) is 0 Å². The van der Waals surface area contributed by atoms with Gasteiger partial charge in [-0.3, -0.25) is 14.9 Å². The van der Waals surface area contributed by atoms with Gasteiger partial charge in [-0.05, 0) is 65.3 Å². The molecule has 0 fully saturated rings. The van der Waals surface area contributed by atoms with E-state index in [0.29, 0.717) is 22.7 Å². The van der Waals surface area contributed by atoms with Crippen molar-refractivity contribution in [3.05, 3.63) is 80.8 Å². The molecule has 9 heteroatoms. The van der Waals surface area contributed by atoms with Crippen molar-refractivity contribution in [1.82, 2.24) is 4.98 Å². The van der Waals surface area contributed by atoms with Gasteiger partial charge in [-0.2, -0.15) is 0 Å². The van der Waals surface area contributed by atoms with E-state index in [9.17, 15) is 14.9 Å². The Labute approximate surface area is 185 Å². The number of nitrogens with one attached hydrogen (secondary N) is 1. The highest BCUT2D eigenvalue weighted by Crippen LogP contribution is 2.31. The summed E-state index contributed by atoms with van der Waals surface area (Å²) in [6.07, 6.45) is 0. The van der Waals surface area contributed by atoms with Gasteiger partial charge in [0, 0.05) is 21.8 Å². The Kier molecular flexibility index (Phi) is 5.68. The molecule has 1 aromatic heterocycles. The highest BCUT2D eigenvalue weighted by molar-refractivity contribution is 9.10. The maximum absolute atomic E-state index is 12.6. The molecule has 0 saturated carbocycles. The zero-order valence-corrected chi connectivity index (χ0v) is 17.9. The lowest BCUT2D eigenvalue weighted by Crippen LogP contribution is -2.12. The van der Waals surface area contributed by atoms with Crippen molar-refractivity contribution in [1.29, 1.82) is 0 Å². The summed E-state index contributed by atoms with van der Waals surface area (Å²) in [5.41, 5.74) is 2.32. The van der Waals surface area contributed by atoms with E-state index in [2.05, 4.69) is 26.2 Å². The largest absolute Gasteiger partial charge is 0.487 e. The fourth-order valence-corrected chi connectivity index (χ4v) is 3.49. The number of oxazole rings is 1. The van der Waals surface area contributed by atoms with Crippen LogP contribution in [-0.2, 0) is 0 Å². The number of carbonyl (C=O) groups excluding carboxylic acids is 1. The SMILES string of the molecule is CCOc1ccc(C(=O)Nc2ccc3oc(-c4ccccc4Br)nc3c2)cc1[N+](=O)[O-]. The van der Waals surface area contributed by atoms with E-state index in [4.69, 9.17) is 9.15 Å². The lowest BCUT2D eigenvalue weighted by molar-refractivity contribution is -0.385. The predicted molar refractivity (Wildman–Crippen MR) is 119 cm³/mol. The third-order valence-corrected chi connectivity index (χ3v) is 5.16. The Morgan fingerprint density at radius 1 is 1.19 bits per heavy atom. The number of fused-ring (bicyclic) bond motifs is 1. The number of nitro groups is 1. The minimum Gasteiger partial charge on any atom is -0.487 e. The van der Waals surface area contributed by atoms with Crippen LogP contribution in [0.1, 0.15) is 17.3 Å². The van der Waals surface area contributed by atoms with E-state index in [0.717, 1.165) is 10.0 Å². The monoisotopic (exact) mass is 481 g/mol. The molecule has 1 amide bonds. The predicted octanol–water partition coefficient (Wildman–Crippen LogP) is 5.82. The summed E-state index contributed by atoms with van der Waals surface area (Å²) in [5.74, 6) is 0.0841. The number of hydrogen-bond acceptors (Lipinski definition) is 6. The lowest BCUT2D eigenvalue weighted by Gasteiger charge is -2.07. The molecule has 4 aromatic rings. The van der Waals surface area contributed by atoms with Gasteiger partial charge in [0.1, 0.15) is 5.52 Å². The molecule has 156 valence electrons. The zero-order chi connectivity index (χ0) is 22.0. The molecule has 0 bridgehead atoms. The van der Waals surface area contributed by atoms with Crippen molar-refractivity contribution in [3.63, 3.8) is 0 Å². The fraction of sp³-hybridized carbons (Fsp3) is 0.0909. The second kappa shape index (κ2) is 8.57. The number of hydrogen-bond donors (Lipinski definition) is 1. The number of rotatable bonds is 6. The molecule has 4 rings (SSSR count). The van der Waals surface area contributed by atoms with E-state index in [1.165, 1.54) is 18.2 Å². The molecule has 1 N–H and O–H groups in total. The Morgan fingerprint density at radius 3 is 2.74 bits per heavy atom. The maximum atomic E-state index is 12.6. The van der Waals surface area contributed by atoms with Crippen LogP contribution in [0.15, 0.2) is 69.6 Å². The molecular weight excluding hydrogens is 466 g/mol. The van der Waals surface area contributed by atoms with Gasteiger partial charge in [-0.1, -0.05) is 12.1 Å². The Balaban J connectivity index is 1.60. The average molecular weight is 482 g/mol. The number of ether oxygens (including phenoxy) is 1. The molecular formula is C22H16BrN3O5. The lowest BCUT2D eigenvalue weighted by atomic mass is 10.1. The van der Waals surface area contributed by atoms with E-state index in [1.807, 2.05) is 24.3 Å². The summed E-state index contributed by atoms with van der Waals surface area (Å²) in [6, 6.07) is 16.7. The zero-order valence-electron chi connectivity index (χ0n) is 16.3. The molecule has 0 radical (unpaired) electrons. The number of amides is 1. The summed E-state index contributed by atoms with van der Waals surface area (Å²) >= 11 is 3.48. The quantitative estimate of drug-likeness (QED) is 0.274. The van der Waals surface area contributed by atoms with E-state index >= 15 is 0 Å². The Bertz CT molecular complexity index is 1300. The normalized spacial score (nSPS) is 10.8. The number of nitrogens with zero attached hydrogens (tertiary/aromatic N) is 2. The van der Waals surface area contributed by atoms with Crippen LogP contribution < -0.4 is 10.1 Å². The van der Waals surface area contributed by atoms with Crippen LogP contribution in [-0.4, -0.2) is 22.4 Å². The van der Waals surface area contributed by atoms with Gasteiger partial charge >= 0.3 is 5.69 Å². The summed E-state index contributed by atoms with van der Waals surface area (Å²) in [5, 5.41) is 14.0. The van der Waals surface area contributed by atoms with Crippen LogP contribution in [0.2, 0.25) is 0 Å². The van der Waals surface area contributed by atoms with Crippen LogP contribution in [0, 0.1) is 10.1 Å². The van der Waals surface area contributed by atoms with Gasteiger partial charge < -0.3 is 14.5 Å². The molecule has 31 heavy (non-hydrogen) atoms.